The van der Waals surface area contributed by atoms with Gasteiger partial charge in [0, 0.05) is 16.3 Å². The van der Waals surface area contributed by atoms with E-state index in [-0.39, 0.29) is 16.4 Å². The zero-order valence-corrected chi connectivity index (χ0v) is 19.9. The molecule has 0 spiro atoms. The number of thiocarbonyl (C=S) groups is 1. The van der Waals surface area contributed by atoms with Gasteiger partial charge in [-0.25, -0.2) is 9.29 Å². The lowest BCUT2D eigenvalue weighted by molar-refractivity contribution is -0.122. The molecule has 1 aliphatic rings. The van der Waals surface area contributed by atoms with Gasteiger partial charge in [-0.15, -0.1) is 11.3 Å². The first-order chi connectivity index (χ1) is 15.6. The summed E-state index contributed by atoms with van der Waals surface area (Å²) in [6, 6.07) is 9.85. The van der Waals surface area contributed by atoms with Gasteiger partial charge in [0.1, 0.15) is 22.5 Å². The molecule has 0 atom stereocenters. The van der Waals surface area contributed by atoms with Gasteiger partial charge in [-0.1, -0.05) is 12.1 Å². The summed E-state index contributed by atoms with van der Waals surface area (Å²) in [5.74, 6) is -1.99. The van der Waals surface area contributed by atoms with Crippen molar-refractivity contribution in [2.24, 2.45) is 0 Å². The molecule has 9 heteroatoms. The van der Waals surface area contributed by atoms with Gasteiger partial charge < -0.3 is 4.57 Å². The monoisotopic (exact) mass is 478 g/mol. The minimum atomic E-state index is -0.709. The van der Waals surface area contributed by atoms with Crippen LogP contribution in [-0.4, -0.2) is 21.5 Å². The molecule has 1 aromatic carbocycles. The van der Waals surface area contributed by atoms with E-state index in [1.807, 2.05) is 38.3 Å². The first kappa shape index (κ1) is 22.6. The van der Waals surface area contributed by atoms with Crippen LogP contribution in [0.15, 0.2) is 35.9 Å². The molecule has 6 nitrogen and oxygen atoms in total. The summed E-state index contributed by atoms with van der Waals surface area (Å²) in [7, 11) is 0. The molecule has 2 aromatic heterocycles. The Morgan fingerprint density at radius 3 is 2.55 bits per heavy atom. The van der Waals surface area contributed by atoms with E-state index in [9.17, 15) is 19.2 Å². The summed E-state index contributed by atoms with van der Waals surface area (Å²) < 4.78 is 16.3. The molecule has 0 saturated carbocycles. The first-order valence-corrected chi connectivity index (χ1v) is 11.2. The quantitative estimate of drug-likeness (QED) is 0.339. The number of nitrogens with one attached hydrogen (secondary N) is 1. The van der Waals surface area contributed by atoms with Gasteiger partial charge in [-0.05, 0) is 75.3 Å². The standard InChI is InChI=1S/C24H19FN4O2S2/c1-12-9-16(14(3)28(12)23-18(11-26)13(2)15(4)33-23)10-17-21(30)27-24(32)29(22(17)31)20-8-6-5-7-19(20)25/h5-10H,1-4H3,(H,27,30,32)/b17-10-. The maximum Gasteiger partial charge on any atom is 0.270 e. The molecule has 1 N–H and O–H groups in total. The van der Waals surface area contributed by atoms with Gasteiger partial charge in [0.2, 0.25) is 0 Å². The maximum absolute atomic E-state index is 14.4. The maximum atomic E-state index is 14.4. The number of nitriles is 1. The summed E-state index contributed by atoms with van der Waals surface area (Å²) in [5, 5.41) is 12.7. The second-order valence-corrected chi connectivity index (χ2v) is 9.24. The van der Waals surface area contributed by atoms with Crippen LogP contribution in [0.3, 0.4) is 0 Å². The lowest BCUT2D eigenvalue weighted by atomic mass is 10.1. The molecule has 1 saturated heterocycles. The molecule has 2 amide bonds. The van der Waals surface area contributed by atoms with Gasteiger partial charge >= 0.3 is 0 Å². The first-order valence-electron chi connectivity index (χ1n) is 10.0. The Balaban J connectivity index is 1.82. The van der Waals surface area contributed by atoms with Crippen LogP contribution < -0.4 is 10.2 Å². The number of anilines is 1. The molecular formula is C24H19FN4O2S2. The summed E-state index contributed by atoms with van der Waals surface area (Å²) in [6.45, 7) is 7.63. The van der Waals surface area contributed by atoms with E-state index in [1.54, 1.807) is 6.07 Å². The Bertz CT molecular complexity index is 1420. The van der Waals surface area contributed by atoms with Gasteiger partial charge in [-0.2, -0.15) is 5.26 Å². The molecule has 3 aromatic rings. The molecule has 33 heavy (non-hydrogen) atoms. The highest BCUT2D eigenvalue weighted by Gasteiger charge is 2.36. The van der Waals surface area contributed by atoms with E-state index in [0.717, 1.165) is 31.7 Å². The minimum Gasteiger partial charge on any atom is -0.308 e. The molecule has 1 fully saturated rings. The number of rotatable bonds is 3. The van der Waals surface area contributed by atoms with E-state index in [1.165, 1.54) is 35.6 Å². The zero-order valence-electron chi connectivity index (χ0n) is 18.3. The SMILES string of the molecule is Cc1sc(-n2c(C)cc(/C=C3/C(=O)NC(=S)N(c4ccccc4F)C3=O)c2C)c(C#N)c1C. The van der Waals surface area contributed by atoms with Crippen LogP contribution in [-0.2, 0) is 9.59 Å². The molecule has 166 valence electrons. The normalized spacial score (nSPS) is 15.2. The fourth-order valence-electron chi connectivity index (χ4n) is 3.81. The van der Waals surface area contributed by atoms with Gasteiger partial charge in [0.05, 0.1) is 11.3 Å². The number of para-hydroxylation sites is 1. The molecule has 0 aliphatic carbocycles. The van der Waals surface area contributed by atoms with Crippen LogP contribution in [0.4, 0.5) is 10.1 Å². The largest absolute Gasteiger partial charge is 0.308 e. The highest BCUT2D eigenvalue weighted by atomic mass is 32.1. The van der Waals surface area contributed by atoms with Crippen molar-refractivity contribution in [3.63, 3.8) is 0 Å². The Morgan fingerprint density at radius 2 is 1.88 bits per heavy atom. The number of thiophene rings is 1. The van der Waals surface area contributed by atoms with E-state index < -0.39 is 17.6 Å². The number of amides is 2. The van der Waals surface area contributed by atoms with Gasteiger partial charge in [0.15, 0.2) is 5.11 Å². The summed E-state index contributed by atoms with van der Waals surface area (Å²) in [4.78, 5) is 27.9. The van der Waals surface area contributed by atoms with Crippen LogP contribution >= 0.6 is 23.6 Å². The average molecular weight is 479 g/mol. The molecule has 0 bridgehead atoms. The fourth-order valence-corrected chi connectivity index (χ4v) is 5.30. The number of hydrogen-bond acceptors (Lipinski definition) is 5. The minimum absolute atomic E-state index is 0.0351. The third-order valence-corrected chi connectivity index (χ3v) is 7.12. The Hall–Kier alpha value is -3.61. The molecule has 0 radical (unpaired) electrons. The molecule has 3 heterocycles. The predicted molar refractivity (Wildman–Crippen MR) is 130 cm³/mol. The highest BCUT2D eigenvalue weighted by Crippen LogP contribution is 2.34. The second kappa shape index (κ2) is 8.39. The van der Waals surface area contributed by atoms with Crippen LogP contribution in [0.5, 0.6) is 0 Å². The fraction of sp³-hybridized carbons (Fsp3) is 0.167. The van der Waals surface area contributed by atoms with Crippen molar-refractivity contribution < 1.29 is 14.0 Å². The number of nitrogens with zero attached hydrogens (tertiary/aromatic N) is 3. The molecule has 4 rings (SSSR count). The molecule has 0 unspecified atom stereocenters. The number of aromatic nitrogens is 1. The summed E-state index contributed by atoms with van der Waals surface area (Å²) in [6.07, 6.45) is 1.48. The van der Waals surface area contributed by atoms with Crippen molar-refractivity contribution in [2.75, 3.05) is 4.90 Å². The lowest BCUT2D eigenvalue weighted by Gasteiger charge is -2.29. The third kappa shape index (κ3) is 3.67. The number of aryl methyl sites for hydroxylation is 2. The summed E-state index contributed by atoms with van der Waals surface area (Å²) >= 11 is 6.66. The van der Waals surface area contributed by atoms with Crippen LogP contribution in [0.1, 0.15) is 33.0 Å². The topological polar surface area (TPSA) is 78.1 Å². The molecule has 1 aliphatic heterocycles. The van der Waals surface area contributed by atoms with Crippen molar-refractivity contribution in [1.82, 2.24) is 9.88 Å². The van der Waals surface area contributed by atoms with E-state index in [4.69, 9.17) is 12.2 Å². The van der Waals surface area contributed by atoms with Crippen molar-refractivity contribution in [3.8, 4) is 11.1 Å². The number of benzene rings is 1. The second-order valence-electron chi connectivity index (χ2n) is 7.65. The van der Waals surface area contributed by atoms with Crippen molar-refractivity contribution in [3.05, 3.63) is 74.7 Å². The smallest absolute Gasteiger partial charge is 0.270 e. The van der Waals surface area contributed by atoms with E-state index in [2.05, 4.69) is 11.4 Å². The van der Waals surface area contributed by atoms with Crippen LogP contribution in [0.2, 0.25) is 0 Å². The lowest BCUT2D eigenvalue weighted by Crippen LogP contribution is -2.54. The number of carbonyl (C=O) groups excluding carboxylic acids is 2. The average Bonchev–Trinajstić information content (AvgIpc) is 3.20. The van der Waals surface area contributed by atoms with E-state index in [0.29, 0.717) is 11.1 Å². The Labute approximate surface area is 199 Å². The van der Waals surface area contributed by atoms with Crippen LogP contribution in [0, 0.1) is 44.8 Å². The van der Waals surface area contributed by atoms with Crippen molar-refractivity contribution in [1.29, 1.82) is 5.26 Å². The van der Waals surface area contributed by atoms with Gasteiger partial charge in [0.25, 0.3) is 11.8 Å². The Morgan fingerprint density at radius 1 is 1.18 bits per heavy atom. The zero-order chi connectivity index (χ0) is 24.0. The van der Waals surface area contributed by atoms with Crippen LogP contribution in [0.25, 0.3) is 11.1 Å². The van der Waals surface area contributed by atoms with Crippen molar-refractivity contribution >= 4 is 52.2 Å². The highest BCUT2D eigenvalue weighted by molar-refractivity contribution is 7.80. The summed E-state index contributed by atoms with van der Waals surface area (Å²) in [5.41, 5.74) is 3.59. The number of carbonyl (C=O) groups is 2. The Kier molecular flexibility index (Phi) is 5.74. The number of hydrogen-bond donors (Lipinski definition) is 1. The van der Waals surface area contributed by atoms with Gasteiger partial charge in [-0.3, -0.25) is 14.9 Å². The predicted octanol–water partition coefficient (Wildman–Crippen LogP) is 4.61. The van der Waals surface area contributed by atoms with Crippen molar-refractivity contribution in [2.45, 2.75) is 27.7 Å². The van der Waals surface area contributed by atoms with E-state index >= 15 is 0 Å². The molecular weight excluding hydrogens is 459 g/mol. The number of halogens is 1. The third-order valence-electron chi connectivity index (χ3n) is 5.65.